The lowest BCUT2D eigenvalue weighted by Crippen LogP contribution is -2.02. The molecule has 5 nitrogen and oxygen atoms in total. The van der Waals surface area contributed by atoms with Crippen LogP contribution in [0.25, 0.3) is 93.8 Å². The van der Waals surface area contributed by atoms with Crippen LogP contribution in [0.3, 0.4) is 0 Å². The second kappa shape index (κ2) is 8.30. The average Bonchev–Trinajstić information content (AvgIpc) is 3.73. The number of fused-ring (bicyclic) bond motifs is 10. The first-order valence-corrected chi connectivity index (χ1v) is 14.3. The minimum absolute atomic E-state index is 0.623. The van der Waals surface area contributed by atoms with Crippen LogP contribution in [-0.2, 0) is 0 Å². The molecule has 0 N–H and O–H groups in total. The van der Waals surface area contributed by atoms with Gasteiger partial charge in [-0.05, 0) is 53.2 Å². The van der Waals surface area contributed by atoms with E-state index in [2.05, 4.69) is 83.4 Å². The van der Waals surface area contributed by atoms with Crippen molar-refractivity contribution >= 4 is 76.6 Å². The summed E-state index contributed by atoms with van der Waals surface area (Å²) in [5.74, 6) is 1.33. The molecule has 0 aliphatic carbocycles. The van der Waals surface area contributed by atoms with Gasteiger partial charge in [0.25, 0.3) is 0 Å². The predicted molar refractivity (Wildman–Crippen MR) is 174 cm³/mol. The lowest BCUT2D eigenvalue weighted by Gasteiger charge is -2.11. The number of hydrogen-bond donors (Lipinski definition) is 0. The topological polar surface area (TPSA) is 57.0 Å². The largest absolute Gasteiger partial charge is 0.456 e. The molecule has 0 radical (unpaired) electrons. The van der Waals surface area contributed by atoms with E-state index in [4.69, 9.17) is 18.8 Å². The lowest BCUT2D eigenvalue weighted by atomic mass is 10.1. The van der Waals surface area contributed by atoms with E-state index in [0.29, 0.717) is 17.2 Å². The third-order valence-electron chi connectivity index (χ3n) is 8.60. The van der Waals surface area contributed by atoms with Crippen molar-refractivity contribution in [2.45, 2.75) is 0 Å². The molecule has 0 bridgehead atoms. The molecule has 0 aliphatic heterocycles. The van der Waals surface area contributed by atoms with Crippen molar-refractivity contribution in [1.29, 1.82) is 0 Å². The van der Waals surface area contributed by atoms with Gasteiger partial charge in [0.05, 0.1) is 11.0 Å². The van der Waals surface area contributed by atoms with Crippen LogP contribution >= 0.6 is 0 Å². The van der Waals surface area contributed by atoms with Gasteiger partial charge in [-0.1, -0.05) is 84.9 Å². The Hall–Kier alpha value is -5.94. The van der Waals surface area contributed by atoms with Crippen LogP contribution < -0.4 is 0 Å². The summed E-state index contributed by atoms with van der Waals surface area (Å²) in [6.07, 6.45) is 0. The number of furan rings is 2. The predicted octanol–water partition coefficient (Wildman–Crippen LogP) is 10.2. The van der Waals surface area contributed by atoms with Gasteiger partial charge in [-0.3, -0.25) is 4.57 Å². The lowest BCUT2D eigenvalue weighted by molar-refractivity contribution is 0.662. The fourth-order valence-corrected chi connectivity index (χ4v) is 6.69. The number of rotatable bonds is 2. The fraction of sp³-hybridized carbons (Fsp3) is 0. The molecule has 0 amide bonds. The Morgan fingerprint density at radius 3 is 2.02 bits per heavy atom. The zero-order valence-electron chi connectivity index (χ0n) is 22.8. The molecule has 0 saturated heterocycles. The Morgan fingerprint density at radius 1 is 0.488 bits per heavy atom. The zero-order chi connectivity index (χ0) is 28.1. The molecule has 0 atom stereocenters. The van der Waals surface area contributed by atoms with Gasteiger partial charge in [0, 0.05) is 32.5 Å². The molecule has 4 heterocycles. The van der Waals surface area contributed by atoms with Crippen molar-refractivity contribution in [3.8, 4) is 17.2 Å². The van der Waals surface area contributed by atoms with Gasteiger partial charge >= 0.3 is 0 Å². The van der Waals surface area contributed by atoms with Crippen molar-refractivity contribution in [3.05, 3.63) is 127 Å². The van der Waals surface area contributed by atoms with Gasteiger partial charge in [-0.2, -0.15) is 0 Å². The fourth-order valence-electron chi connectivity index (χ4n) is 6.69. The van der Waals surface area contributed by atoms with Gasteiger partial charge in [-0.25, -0.2) is 9.97 Å². The maximum absolute atomic E-state index is 6.56. The smallest absolute Gasteiger partial charge is 0.197 e. The van der Waals surface area contributed by atoms with Gasteiger partial charge in [0.15, 0.2) is 17.2 Å². The summed E-state index contributed by atoms with van der Waals surface area (Å²) in [4.78, 5) is 10.5. The summed E-state index contributed by atoms with van der Waals surface area (Å²) in [5.41, 5.74) is 6.92. The van der Waals surface area contributed by atoms with E-state index in [0.717, 1.165) is 60.4 Å². The van der Waals surface area contributed by atoms with Crippen LogP contribution in [0.2, 0.25) is 0 Å². The van der Waals surface area contributed by atoms with Crippen LogP contribution in [0.15, 0.2) is 136 Å². The quantitative estimate of drug-likeness (QED) is 0.214. The highest BCUT2D eigenvalue weighted by molar-refractivity contribution is 6.16. The van der Waals surface area contributed by atoms with E-state index < -0.39 is 0 Å². The van der Waals surface area contributed by atoms with E-state index in [1.165, 1.54) is 16.2 Å². The highest BCUT2D eigenvalue weighted by atomic mass is 16.3. The molecule has 6 aromatic carbocycles. The van der Waals surface area contributed by atoms with E-state index in [-0.39, 0.29) is 0 Å². The van der Waals surface area contributed by atoms with Gasteiger partial charge in [0.2, 0.25) is 0 Å². The minimum atomic E-state index is 0.623. The third kappa shape index (κ3) is 3.11. The highest BCUT2D eigenvalue weighted by Crippen LogP contribution is 2.41. The zero-order valence-corrected chi connectivity index (χ0v) is 22.8. The number of benzene rings is 6. The van der Waals surface area contributed by atoms with Crippen LogP contribution in [-0.4, -0.2) is 14.5 Å². The summed E-state index contributed by atoms with van der Waals surface area (Å²) < 4.78 is 15.0. The van der Waals surface area contributed by atoms with E-state index in [9.17, 15) is 0 Å². The normalized spacial score (nSPS) is 12.2. The highest BCUT2D eigenvalue weighted by Gasteiger charge is 2.23. The molecule has 0 spiro atoms. The first-order valence-electron chi connectivity index (χ1n) is 14.3. The molecule has 5 heteroatoms. The molecule has 10 rings (SSSR count). The van der Waals surface area contributed by atoms with Crippen LogP contribution in [0, 0.1) is 0 Å². The summed E-state index contributed by atoms with van der Waals surface area (Å²) >= 11 is 0. The molecule has 10 aromatic rings. The number of hydrogen-bond acceptors (Lipinski definition) is 4. The van der Waals surface area contributed by atoms with E-state index in [1.807, 2.05) is 48.5 Å². The Balaban J connectivity index is 1.39. The molecular formula is C38H21N3O2. The third-order valence-corrected chi connectivity index (χ3v) is 8.60. The van der Waals surface area contributed by atoms with Crippen LogP contribution in [0.1, 0.15) is 0 Å². The van der Waals surface area contributed by atoms with Crippen molar-refractivity contribution in [1.82, 2.24) is 14.5 Å². The standard InChI is InChI=1S/C38H21N3O2/c1-2-11-23-21-30-28(20-22(23)10-1)24-12-3-6-16-29(24)41(30)38-36-35(26-14-5-8-18-32(26)43-36)39-37(40-38)27-15-9-19-33-34(27)25-13-4-7-17-31(25)42-33/h1-21H. The van der Waals surface area contributed by atoms with Crippen LogP contribution in [0.4, 0.5) is 0 Å². The first kappa shape index (κ1) is 22.7. The van der Waals surface area contributed by atoms with Crippen molar-refractivity contribution in [2.75, 3.05) is 0 Å². The van der Waals surface area contributed by atoms with Crippen molar-refractivity contribution < 1.29 is 8.83 Å². The maximum atomic E-state index is 6.56. The molecule has 0 fully saturated rings. The Kier molecular flexibility index (Phi) is 4.39. The first-order chi connectivity index (χ1) is 21.3. The Bertz CT molecular complexity index is 2750. The summed E-state index contributed by atoms with van der Waals surface area (Å²) in [6.45, 7) is 0. The molecule has 4 aromatic heterocycles. The van der Waals surface area contributed by atoms with Gasteiger partial charge < -0.3 is 8.83 Å². The van der Waals surface area contributed by atoms with Crippen LogP contribution in [0.5, 0.6) is 0 Å². The summed E-state index contributed by atoms with van der Waals surface area (Å²) in [6, 6.07) is 43.8. The van der Waals surface area contributed by atoms with E-state index in [1.54, 1.807) is 0 Å². The molecule has 0 unspecified atom stereocenters. The SMILES string of the molecule is c1ccc2cc3c(cc2c1)c1ccccc1n3-c1nc(-c2cccc3oc4ccccc4c23)nc2c1oc1ccccc12. The van der Waals surface area contributed by atoms with Gasteiger partial charge in [-0.15, -0.1) is 0 Å². The molecule has 43 heavy (non-hydrogen) atoms. The minimum Gasteiger partial charge on any atom is -0.456 e. The molecule has 0 saturated carbocycles. The van der Waals surface area contributed by atoms with Gasteiger partial charge in [0.1, 0.15) is 22.3 Å². The summed E-state index contributed by atoms with van der Waals surface area (Å²) in [5, 5.41) is 7.70. The molecule has 0 aliphatic rings. The van der Waals surface area contributed by atoms with E-state index >= 15 is 0 Å². The Labute approximate surface area is 244 Å². The number of nitrogens with zero attached hydrogens (tertiary/aromatic N) is 3. The number of para-hydroxylation sites is 3. The average molecular weight is 552 g/mol. The monoisotopic (exact) mass is 551 g/mol. The summed E-state index contributed by atoms with van der Waals surface area (Å²) in [7, 11) is 0. The van der Waals surface area contributed by atoms with Crippen molar-refractivity contribution in [2.24, 2.45) is 0 Å². The second-order valence-corrected chi connectivity index (χ2v) is 11.0. The molecular weight excluding hydrogens is 530 g/mol. The van der Waals surface area contributed by atoms with Crippen molar-refractivity contribution in [3.63, 3.8) is 0 Å². The second-order valence-electron chi connectivity index (χ2n) is 11.0. The molecule has 200 valence electrons. The maximum Gasteiger partial charge on any atom is 0.197 e. The number of aromatic nitrogens is 3. The Morgan fingerprint density at radius 2 is 1.16 bits per heavy atom.